The van der Waals surface area contributed by atoms with E-state index < -0.39 is 86.6 Å². The van der Waals surface area contributed by atoms with Gasteiger partial charge in [-0.05, 0) is 0 Å². The smallest absolute Gasteiger partial charge is 0.340 e. The van der Waals surface area contributed by atoms with Crippen molar-refractivity contribution in [3.05, 3.63) is 33.4 Å². The number of rotatable bonds is 8. The highest BCUT2D eigenvalue weighted by Crippen LogP contribution is 2.67. The fourth-order valence-corrected chi connectivity index (χ4v) is 4.67. The lowest BCUT2D eigenvalue weighted by Gasteiger charge is -2.30. The fraction of sp³-hybridized carbons (Fsp3) is 0.455. The molecule has 14 nitrogen and oxygen atoms in total. The van der Waals surface area contributed by atoms with E-state index in [1.165, 1.54) is 0 Å². The molecule has 2 atom stereocenters. The summed E-state index contributed by atoms with van der Waals surface area (Å²) in [4.78, 5) is 77.5. The van der Waals surface area contributed by atoms with Crippen molar-refractivity contribution in [2.75, 3.05) is 49.8 Å². The van der Waals surface area contributed by atoms with Crippen molar-refractivity contribution in [1.82, 2.24) is 0 Å². The Morgan fingerprint density at radius 1 is 0.583 bits per heavy atom. The molecule has 3 aliphatic rings. The molecule has 2 aliphatic heterocycles. The van der Waals surface area contributed by atoms with E-state index in [1.807, 2.05) is 0 Å². The SMILES string of the molecule is COC(=O)C1=C(C(=O)OC)[C@]2(OC)O[C@H]1C(C1(C(=O)OC)C(C(=O)OC)=C1C(=O)OC)=C2C(=O)OC. The summed E-state index contributed by atoms with van der Waals surface area (Å²) in [6.45, 7) is 0. The molecule has 3 rings (SSSR count). The minimum atomic E-state index is -2.45. The van der Waals surface area contributed by atoms with Crippen molar-refractivity contribution in [3.63, 3.8) is 0 Å². The maximum Gasteiger partial charge on any atom is 0.340 e. The van der Waals surface area contributed by atoms with Crippen molar-refractivity contribution >= 4 is 35.8 Å². The second-order valence-corrected chi connectivity index (χ2v) is 7.35. The molecule has 0 spiro atoms. The van der Waals surface area contributed by atoms with Gasteiger partial charge in [0.25, 0.3) is 0 Å². The van der Waals surface area contributed by atoms with Crippen molar-refractivity contribution in [1.29, 1.82) is 0 Å². The predicted molar refractivity (Wildman–Crippen MR) is 110 cm³/mol. The Balaban J connectivity index is 2.49. The van der Waals surface area contributed by atoms with Gasteiger partial charge in [0.15, 0.2) is 5.41 Å². The van der Waals surface area contributed by atoms with Gasteiger partial charge in [-0.1, -0.05) is 0 Å². The summed E-state index contributed by atoms with van der Waals surface area (Å²) in [5, 5.41) is 0. The van der Waals surface area contributed by atoms with Crippen molar-refractivity contribution in [3.8, 4) is 0 Å². The number of fused-ring (bicyclic) bond motifs is 2. The summed E-state index contributed by atoms with van der Waals surface area (Å²) in [6, 6.07) is 0. The zero-order chi connectivity index (χ0) is 27.2. The van der Waals surface area contributed by atoms with E-state index in [1.54, 1.807) is 0 Å². The van der Waals surface area contributed by atoms with E-state index in [4.69, 9.17) is 37.9 Å². The highest BCUT2D eigenvalue weighted by Gasteiger charge is 2.78. The van der Waals surface area contributed by atoms with Gasteiger partial charge in [-0.3, -0.25) is 4.79 Å². The van der Waals surface area contributed by atoms with E-state index in [2.05, 4.69) is 0 Å². The molecule has 14 heteroatoms. The normalized spacial score (nSPS) is 23.2. The van der Waals surface area contributed by atoms with Crippen LogP contribution in [-0.2, 0) is 66.7 Å². The fourth-order valence-electron chi connectivity index (χ4n) is 4.67. The summed E-state index contributed by atoms with van der Waals surface area (Å²) in [5.74, 6) is -9.35. The van der Waals surface area contributed by atoms with Gasteiger partial charge in [-0.25, -0.2) is 24.0 Å². The first kappa shape index (κ1) is 26.6. The van der Waals surface area contributed by atoms with Gasteiger partial charge in [-0.2, -0.15) is 0 Å². The molecular weight excluding hydrogens is 488 g/mol. The highest BCUT2D eigenvalue weighted by atomic mass is 16.7. The van der Waals surface area contributed by atoms with Gasteiger partial charge in [-0.15, -0.1) is 0 Å². The van der Waals surface area contributed by atoms with E-state index in [0.29, 0.717) is 0 Å². The van der Waals surface area contributed by atoms with Crippen LogP contribution in [0.4, 0.5) is 0 Å². The maximum atomic E-state index is 13.3. The van der Waals surface area contributed by atoms with Crippen LogP contribution in [0.3, 0.4) is 0 Å². The molecule has 0 aromatic carbocycles. The van der Waals surface area contributed by atoms with Crippen molar-refractivity contribution in [2.24, 2.45) is 5.41 Å². The highest BCUT2D eigenvalue weighted by molar-refractivity contribution is 6.24. The lowest BCUT2D eigenvalue weighted by Crippen LogP contribution is -2.43. The monoisotopic (exact) mass is 510 g/mol. The standard InChI is InChI=1S/C22H22O14/c1-29-15(23)8-9(16(24)30-2)22(35-7)13(19(27)33-5)10(14(8)36-22)21(20(28)34-6)11(17(25)31-3)12(21)18(26)32-4/h14H,1-7H3/t14-,22+/m1/s1. The largest absolute Gasteiger partial charge is 0.468 e. The summed E-state index contributed by atoms with van der Waals surface area (Å²) in [5.41, 5.74) is -5.60. The Morgan fingerprint density at radius 3 is 1.39 bits per heavy atom. The van der Waals surface area contributed by atoms with Crippen LogP contribution in [0.1, 0.15) is 0 Å². The number of esters is 6. The molecular formula is C22H22O14. The molecule has 0 aromatic rings. The Labute approximate surface area is 203 Å². The van der Waals surface area contributed by atoms with Crippen LogP contribution < -0.4 is 0 Å². The van der Waals surface area contributed by atoms with Crippen LogP contribution in [0.2, 0.25) is 0 Å². The third-order valence-corrected chi connectivity index (χ3v) is 6.09. The van der Waals surface area contributed by atoms with Gasteiger partial charge >= 0.3 is 35.8 Å². The zero-order valence-corrected chi connectivity index (χ0v) is 20.3. The third kappa shape index (κ3) is 3.10. The molecule has 0 aromatic heterocycles. The second kappa shape index (κ2) is 9.20. The lowest BCUT2D eigenvalue weighted by molar-refractivity contribution is -0.171. The minimum absolute atomic E-state index is 0.447. The van der Waals surface area contributed by atoms with Crippen LogP contribution in [0.15, 0.2) is 33.4 Å². The Bertz CT molecular complexity index is 1160. The van der Waals surface area contributed by atoms with Crippen LogP contribution >= 0.6 is 0 Å². The Hall–Kier alpha value is -4.04. The first-order chi connectivity index (χ1) is 17.0. The summed E-state index contributed by atoms with van der Waals surface area (Å²) >= 11 is 0. The third-order valence-electron chi connectivity index (χ3n) is 6.09. The molecule has 0 amide bonds. The molecule has 0 saturated heterocycles. The first-order valence-electron chi connectivity index (χ1n) is 10.0. The van der Waals surface area contributed by atoms with E-state index in [0.717, 1.165) is 49.8 Å². The average molecular weight is 510 g/mol. The average Bonchev–Trinajstić information content (AvgIpc) is 3.32. The van der Waals surface area contributed by atoms with Gasteiger partial charge in [0.1, 0.15) is 17.3 Å². The van der Waals surface area contributed by atoms with Gasteiger partial charge < -0.3 is 37.9 Å². The molecule has 0 N–H and O–H groups in total. The van der Waals surface area contributed by atoms with Crippen molar-refractivity contribution < 1.29 is 66.7 Å². The van der Waals surface area contributed by atoms with E-state index >= 15 is 0 Å². The van der Waals surface area contributed by atoms with Gasteiger partial charge in [0, 0.05) is 12.7 Å². The topological polar surface area (TPSA) is 176 Å². The summed E-state index contributed by atoms with van der Waals surface area (Å²) in [6.07, 6.45) is -1.73. The number of carbonyl (C=O) groups is 6. The van der Waals surface area contributed by atoms with E-state index in [9.17, 15) is 28.8 Å². The molecule has 0 unspecified atom stereocenters. The molecule has 0 fully saturated rings. The molecule has 0 saturated carbocycles. The quantitative estimate of drug-likeness (QED) is 0.277. The maximum absolute atomic E-state index is 13.3. The van der Waals surface area contributed by atoms with Crippen LogP contribution in [0.5, 0.6) is 0 Å². The number of hydrogen-bond donors (Lipinski definition) is 0. The lowest BCUT2D eigenvalue weighted by atomic mass is 9.73. The molecule has 2 heterocycles. The molecule has 0 radical (unpaired) electrons. The molecule has 36 heavy (non-hydrogen) atoms. The first-order valence-corrected chi connectivity index (χ1v) is 10.0. The zero-order valence-electron chi connectivity index (χ0n) is 20.3. The predicted octanol–water partition coefficient (Wildman–Crippen LogP) is -1.33. The Kier molecular flexibility index (Phi) is 6.79. The van der Waals surface area contributed by atoms with E-state index in [-0.39, 0.29) is 0 Å². The minimum Gasteiger partial charge on any atom is -0.468 e. The second-order valence-electron chi connectivity index (χ2n) is 7.35. The van der Waals surface area contributed by atoms with Crippen LogP contribution in [0, 0.1) is 5.41 Å². The number of hydrogen-bond acceptors (Lipinski definition) is 14. The Morgan fingerprint density at radius 2 is 1.00 bits per heavy atom. The van der Waals surface area contributed by atoms with Crippen LogP contribution in [0.25, 0.3) is 0 Å². The summed E-state index contributed by atoms with van der Waals surface area (Å²) < 4.78 is 40.1. The molecule has 1 aliphatic carbocycles. The number of carbonyl (C=O) groups excluding carboxylic acids is 6. The number of methoxy groups -OCH3 is 7. The van der Waals surface area contributed by atoms with Crippen LogP contribution in [-0.4, -0.2) is 97.5 Å². The van der Waals surface area contributed by atoms with Gasteiger partial charge in [0.2, 0.25) is 5.79 Å². The molecule has 2 bridgehead atoms. The molecule has 194 valence electrons. The number of ether oxygens (including phenoxy) is 8. The van der Waals surface area contributed by atoms with Gasteiger partial charge in [0.05, 0.1) is 59.4 Å². The van der Waals surface area contributed by atoms with Crippen molar-refractivity contribution in [2.45, 2.75) is 11.9 Å². The summed E-state index contributed by atoms with van der Waals surface area (Å²) in [7, 11) is 6.98.